The molecule has 0 saturated carbocycles. The third-order valence-corrected chi connectivity index (χ3v) is 3.72. The van der Waals surface area contributed by atoms with Crippen LogP contribution < -0.4 is 10.6 Å². The number of hydrogen-bond donors (Lipinski definition) is 2. The standard InChI is InChI=1S/C16H25N3O/c1-2-11-19(15-9-6-10-17-13-15)16(20)18-12-14-7-4-3-5-8-14/h3-5,7-8,15,17H,2,6,9-13H2,1H3,(H,18,20). The van der Waals surface area contributed by atoms with Gasteiger partial charge >= 0.3 is 6.03 Å². The highest BCUT2D eigenvalue weighted by atomic mass is 16.2. The molecule has 1 unspecified atom stereocenters. The predicted molar refractivity (Wildman–Crippen MR) is 81.6 cm³/mol. The highest BCUT2D eigenvalue weighted by Gasteiger charge is 2.24. The van der Waals surface area contributed by atoms with Crippen LogP contribution in [0.4, 0.5) is 4.79 Å². The summed E-state index contributed by atoms with van der Waals surface area (Å²) in [5, 5.41) is 6.42. The van der Waals surface area contributed by atoms with Gasteiger partial charge < -0.3 is 15.5 Å². The van der Waals surface area contributed by atoms with Gasteiger partial charge in [-0.05, 0) is 31.4 Å². The molecule has 1 aliphatic heterocycles. The summed E-state index contributed by atoms with van der Waals surface area (Å²) in [6, 6.07) is 10.4. The molecule has 110 valence electrons. The fourth-order valence-corrected chi connectivity index (χ4v) is 2.67. The van der Waals surface area contributed by atoms with Gasteiger partial charge in [0.25, 0.3) is 0 Å². The average Bonchev–Trinajstić information content (AvgIpc) is 2.52. The zero-order chi connectivity index (χ0) is 14.2. The highest BCUT2D eigenvalue weighted by Crippen LogP contribution is 2.11. The van der Waals surface area contributed by atoms with E-state index in [1.807, 2.05) is 35.2 Å². The van der Waals surface area contributed by atoms with Crippen molar-refractivity contribution in [3.63, 3.8) is 0 Å². The number of benzene rings is 1. The molecule has 1 aromatic carbocycles. The Balaban J connectivity index is 1.89. The second-order valence-corrected chi connectivity index (χ2v) is 5.34. The van der Waals surface area contributed by atoms with Gasteiger partial charge in [0, 0.05) is 25.7 Å². The molecule has 0 bridgehead atoms. The summed E-state index contributed by atoms with van der Waals surface area (Å²) in [4.78, 5) is 14.4. The topological polar surface area (TPSA) is 44.4 Å². The van der Waals surface area contributed by atoms with E-state index in [-0.39, 0.29) is 6.03 Å². The summed E-state index contributed by atoms with van der Waals surface area (Å²) in [6.45, 7) is 5.53. The Hall–Kier alpha value is -1.55. The summed E-state index contributed by atoms with van der Waals surface area (Å²) < 4.78 is 0. The van der Waals surface area contributed by atoms with Crippen LogP contribution in [0.25, 0.3) is 0 Å². The van der Waals surface area contributed by atoms with Crippen LogP contribution in [0.2, 0.25) is 0 Å². The molecule has 4 nitrogen and oxygen atoms in total. The van der Waals surface area contributed by atoms with Crippen molar-refractivity contribution >= 4 is 6.03 Å². The Bertz CT molecular complexity index is 401. The quantitative estimate of drug-likeness (QED) is 0.866. The molecule has 4 heteroatoms. The van der Waals surface area contributed by atoms with Crippen molar-refractivity contribution in [2.24, 2.45) is 0 Å². The molecule has 1 atom stereocenters. The van der Waals surface area contributed by atoms with Crippen LogP contribution in [0.1, 0.15) is 31.7 Å². The van der Waals surface area contributed by atoms with E-state index < -0.39 is 0 Å². The number of nitrogens with one attached hydrogen (secondary N) is 2. The molecule has 0 radical (unpaired) electrons. The maximum absolute atomic E-state index is 12.4. The molecule has 1 fully saturated rings. The Morgan fingerprint density at radius 1 is 1.40 bits per heavy atom. The van der Waals surface area contributed by atoms with Crippen molar-refractivity contribution in [3.8, 4) is 0 Å². The van der Waals surface area contributed by atoms with Crippen molar-refractivity contribution in [3.05, 3.63) is 35.9 Å². The van der Waals surface area contributed by atoms with Crippen LogP contribution in [0.5, 0.6) is 0 Å². The molecule has 0 aliphatic carbocycles. The van der Waals surface area contributed by atoms with Gasteiger partial charge in [0.2, 0.25) is 0 Å². The molecule has 2 N–H and O–H groups in total. The molecular weight excluding hydrogens is 250 g/mol. The third kappa shape index (κ3) is 4.23. The maximum atomic E-state index is 12.4. The van der Waals surface area contributed by atoms with Crippen molar-refractivity contribution in [2.75, 3.05) is 19.6 Å². The Labute approximate surface area is 121 Å². The molecule has 1 saturated heterocycles. The smallest absolute Gasteiger partial charge is 0.317 e. The van der Waals surface area contributed by atoms with Gasteiger partial charge in [-0.2, -0.15) is 0 Å². The van der Waals surface area contributed by atoms with E-state index in [1.165, 1.54) is 0 Å². The Morgan fingerprint density at radius 2 is 2.20 bits per heavy atom. The number of carbonyl (C=O) groups is 1. The molecule has 0 spiro atoms. The van der Waals surface area contributed by atoms with E-state index in [2.05, 4.69) is 17.6 Å². The van der Waals surface area contributed by atoms with Gasteiger partial charge in [0.15, 0.2) is 0 Å². The lowest BCUT2D eigenvalue weighted by Gasteiger charge is -2.34. The molecule has 1 aromatic rings. The molecule has 0 aromatic heterocycles. The number of piperidine rings is 1. The van der Waals surface area contributed by atoms with Gasteiger partial charge in [-0.3, -0.25) is 0 Å². The summed E-state index contributed by atoms with van der Waals surface area (Å²) in [6.07, 6.45) is 3.25. The van der Waals surface area contributed by atoms with Gasteiger partial charge in [-0.15, -0.1) is 0 Å². The minimum Gasteiger partial charge on any atom is -0.334 e. The van der Waals surface area contributed by atoms with Crippen LogP contribution in [0, 0.1) is 0 Å². The Kier molecular flexibility index (Phi) is 5.87. The van der Waals surface area contributed by atoms with Gasteiger partial charge in [-0.25, -0.2) is 4.79 Å². The van der Waals surface area contributed by atoms with E-state index in [9.17, 15) is 4.79 Å². The summed E-state index contributed by atoms with van der Waals surface area (Å²) in [5.41, 5.74) is 1.14. The number of carbonyl (C=O) groups excluding carboxylic acids is 1. The monoisotopic (exact) mass is 275 g/mol. The van der Waals surface area contributed by atoms with Crippen LogP contribution >= 0.6 is 0 Å². The van der Waals surface area contributed by atoms with E-state index in [0.29, 0.717) is 12.6 Å². The van der Waals surface area contributed by atoms with Gasteiger partial charge in [-0.1, -0.05) is 37.3 Å². The lowest BCUT2D eigenvalue weighted by atomic mass is 10.1. The minimum atomic E-state index is 0.0596. The zero-order valence-electron chi connectivity index (χ0n) is 12.3. The second-order valence-electron chi connectivity index (χ2n) is 5.34. The van der Waals surface area contributed by atoms with Crippen molar-refractivity contribution < 1.29 is 4.79 Å². The molecule has 20 heavy (non-hydrogen) atoms. The largest absolute Gasteiger partial charge is 0.334 e. The first kappa shape index (κ1) is 14.9. The lowest BCUT2D eigenvalue weighted by molar-refractivity contribution is 0.160. The number of rotatable bonds is 5. The van der Waals surface area contributed by atoms with Crippen molar-refractivity contribution in [1.82, 2.24) is 15.5 Å². The van der Waals surface area contributed by atoms with Gasteiger partial charge in [0.05, 0.1) is 0 Å². The zero-order valence-corrected chi connectivity index (χ0v) is 12.3. The highest BCUT2D eigenvalue weighted by molar-refractivity contribution is 5.74. The van der Waals surface area contributed by atoms with Crippen LogP contribution in [0.15, 0.2) is 30.3 Å². The first-order valence-corrected chi connectivity index (χ1v) is 7.60. The molecular formula is C16H25N3O. The normalized spacial score (nSPS) is 18.6. The third-order valence-electron chi connectivity index (χ3n) is 3.72. The first-order chi connectivity index (χ1) is 9.81. The van der Waals surface area contributed by atoms with Crippen LogP contribution in [0.3, 0.4) is 0 Å². The first-order valence-electron chi connectivity index (χ1n) is 7.60. The van der Waals surface area contributed by atoms with Crippen LogP contribution in [-0.4, -0.2) is 36.6 Å². The van der Waals surface area contributed by atoms with E-state index in [0.717, 1.165) is 44.5 Å². The average molecular weight is 275 g/mol. The second kappa shape index (κ2) is 7.90. The molecule has 1 heterocycles. The maximum Gasteiger partial charge on any atom is 0.317 e. The SMILES string of the molecule is CCCN(C(=O)NCc1ccccc1)C1CCCNC1. The van der Waals surface area contributed by atoms with E-state index in [1.54, 1.807) is 0 Å². The Morgan fingerprint density at radius 3 is 2.85 bits per heavy atom. The molecule has 2 rings (SSSR count). The number of nitrogens with zero attached hydrogens (tertiary/aromatic N) is 1. The van der Waals surface area contributed by atoms with E-state index in [4.69, 9.17) is 0 Å². The summed E-state index contributed by atoms with van der Waals surface area (Å²) >= 11 is 0. The summed E-state index contributed by atoms with van der Waals surface area (Å²) in [5.74, 6) is 0. The fraction of sp³-hybridized carbons (Fsp3) is 0.562. The fourth-order valence-electron chi connectivity index (χ4n) is 2.67. The summed E-state index contributed by atoms with van der Waals surface area (Å²) in [7, 11) is 0. The van der Waals surface area contributed by atoms with Gasteiger partial charge in [0.1, 0.15) is 0 Å². The van der Waals surface area contributed by atoms with Crippen LogP contribution in [-0.2, 0) is 6.54 Å². The number of urea groups is 1. The number of amides is 2. The minimum absolute atomic E-state index is 0.0596. The number of hydrogen-bond acceptors (Lipinski definition) is 2. The predicted octanol–water partition coefficient (Wildman–Crippen LogP) is 2.36. The van der Waals surface area contributed by atoms with Crippen molar-refractivity contribution in [2.45, 2.75) is 38.8 Å². The van der Waals surface area contributed by atoms with E-state index >= 15 is 0 Å². The molecule has 2 amide bonds. The lowest BCUT2D eigenvalue weighted by Crippen LogP contribution is -2.52. The van der Waals surface area contributed by atoms with Crippen molar-refractivity contribution in [1.29, 1.82) is 0 Å². The molecule has 1 aliphatic rings.